The van der Waals surface area contributed by atoms with Crippen LogP contribution in [0.3, 0.4) is 0 Å². The average molecular weight is 344 g/mol. The van der Waals surface area contributed by atoms with Gasteiger partial charge in [-0.25, -0.2) is 0 Å². The highest BCUT2D eigenvalue weighted by Crippen LogP contribution is 2.34. The summed E-state index contributed by atoms with van der Waals surface area (Å²) < 4.78 is 23.0. The Kier molecular flexibility index (Phi) is 4.70. The Hall–Kier alpha value is -1.96. The molecule has 2 aliphatic rings. The Morgan fingerprint density at radius 3 is 2.24 bits per heavy atom. The lowest BCUT2D eigenvalue weighted by Gasteiger charge is -2.46. The van der Waals surface area contributed by atoms with Crippen LogP contribution in [0.4, 0.5) is 0 Å². The van der Waals surface area contributed by atoms with Crippen LogP contribution < -0.4 is 4.74 Å². The molecule has 6 atom stereocenters. The predicted octanol–water partition coefficient (Wildman–Crippen LogP) is 1.63. The standard InChI is InChI=1S/C19H20O6/c20-15-16(21)19(23-13-9-5-2-6-10-13)24-14-11-22-18(25-17(14)15)12-7-3-1-4-8-12/h1-10,14-21H,11H2. The zero-order valence-corrected chi connectivity index (χ0v) is 13.5. The molecule has 4 rings (SSSR count). The van der Waals surface area contributed by atoms with E-state index in [1.165, 1.54) is 0 Å². The minimum Gasteiger partial charge on any atom is -0.462 e. The molecular weight excluding hydrogens is 324 g/mol. The first-order valence-corrected chi connectivity index (χ1v) is 8.28. The third kappa shape index (κ3) is 3.40. The molecule has 2 aromatic carbocycles. The van der Waals surface area contributed by atoms with Crippen LogP contribution in [0.1, 0.15) is 11.9 Å². The molecule has 2 heterocycles. The number of aliphatic hydroxyl groups is 2. The van der Waals surface area contributed by atoms with Gasteiger partial charge < -0.3 is 29.2 Å². The van der Waals surface area contributed by atoms with E-state index in [0.717, 1.165) is 5.56 Å². The summed E-state index contributed by atoms with van der Waals surface area (Å²) in [5, 5.41) is 20.9. The second-order valence-corrected chi connectivity index (χ2v) is 6.13. The van der Waals surface area contributed by atoms with Crippen molar-refractivity contribution in [3.63, 3.8) is 0 Å². The van der Waals surface area contributed by atoms with Gasteiger partial charge in [0.25, 0.3) is 0 Å². The highest BCUT2D eigenvalue weighted by molar-refractivity contribution is 5.21. The summed E-state index contributed by atoms with van der Waals surface area (Å²) in [4.78, 5) is 0. The topological polar surface area (TPSA) is 77.4 Å². The van der Waals surface area contributed by atoms with Crippen molar-refractivity contribution in [2.45, 2.75) is 37.0 Å². The van der Waals surface area contributed by atoms with Crippen LogP contribution in [-0.4, -0.2) is 47.5 Å². The number of aliphatic hydroxyl groups excluding tert-OH is 2. The number of rotatable bonds is 3. The van der Waals surface area contributed by atoms with Crippen LogP contribution >= 0.6 is 0 Å². The van der Waals surface area contributed by atoms with Crippen LogP contribution in [-0.2, 0) is 14.2 Å². The molecule has 0 saturated carbocycles. The van der Waals surface area contributed by atoms with E-state index >= 15 is 0 Å². The van der Waals surface area contributed by atoms with Crippen LogP contribution in [0.5, 0.6) is 5.75 Å². The van der Waals surface area contributed by atoms with Crippen molar-refractivity contribution in [2.24, 2.45) is 0 Å². The van der Waals surface area contributed by atoms with E-state index in [0.29, 0.717) is 5.75 Å². The van der Waals surface area contributed by atoms with Gasteiger partial charge in [-0.15, -0.1) is 0 Å². The summed E-state index contributed by atoms with van der Waals surface area (Å²) in [5.41, 5.74) is 0.852. The minimum atomic E-state index is -1.23. The Bertz CT molecular complexity index is 677. The predicted molar refractivity (Wildman–Crippen MR) is 87.8 cm³/mol. The highest BCUT2D eigenvalue weighted by atomic mass is 16.8. The molecule has 0 bridgehead atoms. The molecule has 6 nitrogen and oxygen atoms in total. The largest absolute Gasteiger partial charge is 0.462 e. The maximum atomic E-state index is 10.5. The lowest BCUT2D eigenvalue weighted by atomic mass is 9.98. The molecular formula is C19H20O6. The van der Waals surface area contributed by atoms with Gasteiger partial charge in [-0.3, -0.25) is 0 Å². The number of para-hydroxylation sites is 1. The summed E-state index contributed by atoms with van der Waals surface area (Å²) in [6.45, 7) is 0.239. The number of ether oxygens (including phenoxy) is 4. The zero-order valence-electron chi connectivity index (χ0n) is 13.5. The van der Waals surface area contributed by atoms with Crippen molar-refractivity contribution in [3.05, 3.63) is 66.2 Å². The number of hydrogen-bond donors (Lipinski definition) is 2. The highest BCUT2D eigenvalue weighted by Gasteiger charge is 2.49. The van der Waals surface area contributed by atoms with E-state index in [4.69, 9.17) is 18.9 Å². The molecule has 0 radical (unpaired) electrons. The molecule has 25 heavy (non-hydrogen) atoms. The van der Waals surface area contributed by atoms with Crippen molar-refractivity contribution >= 4 is 0 Å². The van der Waals surface area contributed by atoms with Crippen LogP contribution in [0.15, 0.2) is 60.7 Å². The van der Waals surface area contributed by atoms with Crippen molar-refractivity contribution in [3.8, 4) is 5.75 Å². The molecule has 0 aliphatic carbocycles. The molecule has 2 saturated heterocycles. The number of fused-ring (bicyclic) bond motifs is 1. The fourth-order valence-electron chi connectivity index (χ4n) is 3.09. The van der Waals surface area contributed by atoms with E-state index in [1.807, 2.05) is 48.5 Å². The first-order valence-electron chi connectivity index (χ1n) is 8.28. The first kappa shape index (κ1) is 16.5. The van der Waals surface area contributed by atoms with Crippen LogP contribution in [0.2, 0.25) is 0 Å². The molecule has 2 N–H and O–H groups in total. The Labute approximate surface area is 145 Å². The van der Waals surface area contributed by atoms with Gasteiger partial charge in [0.15, 0.2) is 6.29 Å². The monoisotopic (exact) mass is 344 g/mol. The minimum absolute atomic E-state index is 0.239. The third-order valence-corrected chi connectivity index (χ3v) is 4.40. The fourth-order valence-corrected chi connectivity index (χ4v) is 3.09. The Balaban J connectivity index is 1.46. The maximum absolute atomic E-state index is 10.5. The van der Waals surface area contributed by atoms with E-state index in [1.54, 1.807) is 12.1 Å². The van der Waals surface area contributed by atoms with Gasteiger partial charge in [0.1, 0.15) is 30.2 Å². The third-order valence-electron chi connectivity index (χ3n) is 4.40. The quantitative estimate of drug-likeness (QED) is 0.881. The van der Waals surface area contributed by atoms with Gasteiger partial charge in [0, 0.05) is 5.56 Å². The summed E-state index contributed by atoms with van der Waals surface area (Å²) in [6.07, 6.45) is -5.16. The molecule has 2 aromatic rings. The van der Waals surface area contributed by atoms with Crippen LogP contribution in [0, 0.1) is 0 Å². The van der Waals surface area contributed by atoms with Gasteiger partial charge >= 0.3 is 0 Å². The number of benzene rings is 2. The van der Waals surface area contributed by atoms with E-state index in [2.05, 4.69) is 0 Å². The molecule has 132 valence electrons. The van der Waals surface area contributed by atoms with E-state index < -0.39 is 37.0 Å². The van der Waals surface area contributed by atoms with Gasteiger partial charge in [0.2, 0.25) is 6.29 Å². The molecule has 2 fully saturated rings. The van der Waals surface area contributed by atoms with Crippen LogP contribution in [0.25, 0.3) is 0 Å². The second kappa shape index (κ2) is 7.11. The molecule has 6 heteroatoms. The lowest BCUT2D eigenvalue weighted by molar-refractivity contribution is -0.350. The average Bonchev–Trinajstić information content (AvgIpc) is 2.67. The summed E-state index contributed by atoms with van der Waals surface area (Å²) in [7, 11) is 0. The molecule has 6 unspecified atom stereocenters. The summed E-state index contributed by atoms with van der Waals surface area (Å²) >= 11 is 0. The summed E-state index contributed by atoms with van der Waals surface area (Å²) in [6, 6.07) is 18.5. The normalized spacial score (nSPS) is 35.0. The fraction of sp³-hybridized carbons (Fsp3) is 0.368. The summed E-state index contributed by atoms with van der Waals surface area (Å²) in [5.74, 6) is 0.553. The molecule has 0 aromatic heterocycles. The van der Waals surface area contributed by atoms with Crippen molar-refractivity contribution in [2.75, 3.05) is 6.61 Å². The Morgan fingerprint density at radius 1 is 0.840 bits per heavy atom. The molecule has 0 spiro atoms. The first-order chi connectivity index (χ1) is 12.2. The Morgan fingerprint density at radius 2 is 1.52 bits per heavy atom. The van der Waals surface area contributed by atoms with Gasteiger partial charge in [-0.05, 0) is 12.1 Å². The zero-order chi connectivity index (χ0) is 17.2. The maximum Gasteiger partial charge on any atom is 0.229 e. The SMILES string of the molecule is OC1C(Oc2ccccc2)OC2COC(c3ccccc3)OC2C1O. The molecule has 2 aliphatic heterocycles. The van der Waals surface area contributed by atoms with Gasteiger partial charge in [-0.2, -0.15) is 0 Å². The van der Waals surface area contributed by atoms with Gasteiger partial charge in [-0.1, -0.05) is 48.5 Å². The lowest BCUT2D eigenvalue weighted by Crippen LogP contribution is -2.62. The number of hydrogen-bond acceptors (Lipinski definition) is 6. The van der Waals surface area contributed by atoms with E-state index in [9.17, 15) is 10.2 Å². The van der Waals surface area contributed by atoms with Crippen molar-refractivity contribution in [1.82, 2.24) is 0 Å². The second-order valence-electron chi connectivity index (χ2n) is 6.13. The van der Waals surface area contributed by atoms with E-state index in [-0.39, 0.29) is 6.61 Å². The van der Waals surface area contributed by atoms with Crippen molar-refractivity contribution < 1.29 is 29.2 Å². The smallest absolute Gasteiger partial charge is 0.229 e. The van der Waals surface area contributed by atoms with Crippen molar-refractivity contribution in [1.29, 1.82) is 0 Å². The molecule has 0 amide bonds. The van der Waals surface area contributed by atoms with Gasteiger partial charge in [0.05, 0.1) is 6.61 Å².